The summed E-state index contributed by atoms with van der Waals surface area (Å²) in [5.74, 6) is -0.822. The van der Waals surface area contributed by atoms with Crippen LogP contribution in [0.3, 0.4) is 0 Å². The zero-order valence-corrected chi connectivity index (χ0v) is 25.3. The third-order valence-corrected chi connectivity index (χ3v) is 7.52. The van der Waals surface area contributed by atoms with Crippen LogP contribution >= 0.6 is 0 Å². The van der Waals surface area contributed by atoms with Crippen LogP contribution in [0.15, 0.2) is 67.0 Å². The number of nitriles is 1. The Labute approximate surface area is 265 Å². The number of hydrogen-bond acceptors (Lipinski definition) is 10. The molecule has 12 nitrogen and oxygen atoms in total. The van der Waals surface area contributed by atoms with Gasteiger partial charge >= 0.3 is 0 Å². The van der Waals surface area contributed by atoms with Crippen molar-refractivity contribution >= 4 is 23.5 Å². The Balaban J connectivity index is 1.22. The van der Waals surface area contributed by atoms with E-state index in [2.05, 4.69) is 35.8 Å². The van der Waals surface area contributed by atoms with E-state index in [1.165, 1.54) is 30.6 Å². The van der Waals surface area contributed by atoms with E-state index in [1.54, 1.807) is 19.1 Å². The second-order valence-corrected chi connectivity index (χ2v) is 10.7. The van der Waals surface area contributed by atoms with Crippen molar-refractivity contribution in [1.29, 1.82) is 5.26 Å². The minimum atomic E-state index is -0.429. The normalized spacial score (nSPS) is 13.8. The maximum absolute atomic E-state index is 13.3. The second kappa shape index (κ2) is 15.0. The summed E-state index contributed by atoms with van der Waals surface area (Å²) in [5, 5.41) is 18.3. The van der Waals surface area contributed by atoms with E-state index in [0.717, 1.165) is 29.8 Å². The minimum absolute atomic E-state index is 0.0512. The molecule has 1 saturated heterocycles. The van der Waals surface area contributed by atoms with Crippen LogP contribution in [0.4, 0.5) is 16.0 Å². The summed E-state index contributed by atoms with van der Waals surface area (Å²) >= 11 is 0. The van der Waals surface area contributed by atoms with Crippen molar-refractivity contribution in [2.24, 2.45) is 0 Å². The first-order valence-corrected chi connectivity index (χ1v) is 14.8. The van der Waals surface area contributed by atoms with Crippen molar-refractivity contribution < 1.29 is 18.7 Å². The van der Waals surface area contributed by atoms with Gasteiger partial charge in [-0.2, -0.15) is 5.26 Å². The monoisotopic (exact) mass is 623 g/mol. The maximum atomic E-state index is 13.3. The summed E-state index contributed by atoms with van der Waals surface area (Å²) in [6.45, 7) is 6.31. The first kappa shape index (κ1) is 32.0. The average molecular weight is 624 g/mol. The molecule has 2 aromatic carbocycles. The number of nitrogens with two attached hydrogens (primary N) is 1. The van der Waals surface area contributed by atoms with Crippen molar-refractivity contribution in [2.45, 2.75) is 19.5 Å². The second-order valence-electron chi connectivity index (χ2n) is 10.7. The lowest BCUT2D eigenvalue weighted by Crippen LogP contribution is -2.41. The van der Waals surface area contributed by atoms with Gasteiger partial charge in [-0.25, -0.2) is 19.3 Å². The van der Waals surface area contributed by atoms with Crippen LogP contribution < -0.4 is 21.7 Å². The van der Waals surface area contributed by atoms with Gasteiger partial charge in [-0.15, -0.1) is 0 Å². The van der Waals surface area contributed by atoms with E-state index < -0.39 is 11.9 Å². The van der Waals surface area contributed by atoms with Gasteiger partial charge in [0.2, 0.25) is 0 Å². The Kier molecular flexibility index (Phi) is 10.4. The number of halogens is 1. The molecule has 13 heteroatoms. The van der Waals surface area contributed by atoms with E-state index in [-0.39, 0.29) is 34.4 Å². The molecule has 236 valence electrons. The Bertz CT molecular complexity index is 1720. The largest absolute Gasteiger partial charge is 0.382 e. The zero-order valence-electron chi connectivity index (χ0n) is 25.3. The molecule has 0 aliphatic carbocycles. The van der Waals surface area contributed by atoms with Gasteiger partial charge < -0.3 is 26.4 Å². The minimum Gasteiger partial charge on any atom is -0.382 e. The third kappa shape index (κ3) is 8.17. The number of anilines is 2. The molecule has 5 rings (SSSR count). The van der Waals surface area contributed by atoms with Crippen molar-refractivity contribution in [3.63, 3.8) is 0 Å². The molecule has 5 N–H and O–H groups in total. The van der Waals surface area contributed by atoms with Crippen LogP contribution in [-0.4, -0.2) is 71.1 Å². The number of benzene rings is 2. The number of pyridine rings is 1. The molecular formula is C33H34FN9O3. The standard InChI is InChI=1S/C33H34FN9O3/c1-21(24-6-8-26(34)9-7-24)41-32(44)27-16-23(17-35)19-40-31(27)39-18-22-2-4-25(5-3-22)28-20-38-30(36)29(42-28)33(45)37-10-11-43-12-14-46-15-13-43/h2-9,16,19-21H,10-15,18H2,1H3,(H2,36,38)(H,37,45)(H,39,40)(H,41,44)/t21-/m0/s1. The summed E-state index contributed by atoms with van der Waals surface area (Å²) in [6, 6.07) is 16.4. The van der Waals surface area contributed by atoms with Crippen molar-refractivity contribution in [3.05, 3.63) is 101 Å². The van der Waals surface area contributed by atoms with Gasteiger partial charge in [0.25, 0.3) is 11.8 Å². The van der Waals surface area contributed by atoms with E-state index in [0.29, 0.717) is 44.4 Å². The Morgan fingerprint density at radius 1 is 1.07 bits per heavy atom. The van der Waals surface area contributed by atoms with Gasteiger partial charge in [0.15, 0.2) is 11.5 Å². The smallest absolute Gasteiger partial charge is 0.273 e. The van der Waals surface area contributed by atoms with Gasteiger partial charge in [-0.3, -0.25) is 14.5 Å². The molecule has 3 heterocycles. The first-order chi connectivity index (χ1) is 22.3. The number of nitrogens with one attached hydrogen (secondary N) is 3. The quantitative estimate of drug-likeness (QED) is 0.194. The van der Waals surface area contributed by atoms with Crippen LogP contribution in [0.25, 0.3) is 11.3 Å². The highest BCUT2D eigenvalue weighted by atomic mass is 19.1. The molecule has 0 saturated carbocycles. The fourth-order valence-electron chi connectivity index (χ4n) is 4.87. The third-order valence-electron chi connectivity index (χ3n) is 7.52. The van der Waals surface area contributed by atoms with Crippen LogP contribution in [0.2, 0.25) is 0 Å². The summed E-state index contributed by atoms with van der Waals surface area (Å²) in [4.78, 5) is 41.2. The highest BCUT2D eigenvalue weighted by Gasteiger charge is 2.18. The number of amides is 2. The molecule has 1 fully saturated rings. The van der Waals surface area contributed by atoms with E-state index in [9.17, 15) is 19.2 Å². The predicted molar refractivity (Wildman–Crippen MR) is 170 cm³/mol. The molecule has 0 bridgehead atoms. The number of morpholine rings is 1. The molecule has 0 spiro atoms. The molecule has 1 atom stereocenters. The van der Waals surface area contributed by atoms with Crippen molar-refractivity contribution in [2.75, 3.05) is 50.4 Å². The average Bonchev–Trinajstić information content (AvgIpc) is 3.08. The summed E-state index contributed by atoms with van der Waals surface area (Å²) in [6.07, 6.45) is 2.91. The highest BCUT2D eigenvalue weighted by molar-refractivity contribution is 5.99. The number of carbonyl (C=O) groups is 2. The molecule has 1 aliphatic rings. The molecule has 1 aliphatic heterocycles. The van der Waals surface area contributed by atoms with E-state index in [4.69, 9.17) is 10.5 Å². The van der Waals surface area contributed by atoms with Gasteiger partial charge in [0.05, 0.1) is 42.3 Å². The van der Waals surface area contributed by atoms with E-state index >= 15 is 0 Å². The van der Waals surface area contributed by atoms with Gasteiger partial charge in [-0.1, -0.05) is 36.4 Å². The number of ether oxygens (including phenoxy) is 1. The molecule has 0 unspecified atom stereocenters. The Morgan fingerprint density at radius 3 is 2.52 bits per heavy atom. The van der Waals surface area contributed by atoms with Crippen molar-refractivity contribution in [1.82, 2.24) is 30.5 Å². The lowest BCUT2D eigenvalue weighted by atomic mass is 10.1. The van der Waals surface area contributed by atoms with Crippen LogP contribution in [0, 0.1) is 17.1 Å². The zero-order chi connectivity index (χ0) is 32.5. The number of nitrogens with zero attached hydrogens (tertiary/aromatic N) is 5. The molecule has 46 heavy (non-hydrogen) atoms. The van der Waals surface area contributed by atoms with Gasteiger partial charge in [0.1, 0.15) is 17.7 Å². The van der Waals surface area contributed by atoms with Crippen LogP contribution in [0.1, 0.15) is 50.5 Å². The molecular weight excluding hydrogens is 589 g/mol. The molecule has 2 amide bonds. The number of carbonyl (C=O) groups excluding carboxylic acids is 2. The summed E-state index contributed by atoms with van der Waals surface area (Å²) < 4.78 is 18.7. The molecule has 2 aromatic heterocycles. The molecule has 4 aromatic rings. The fraction of sp³-hybridized carbons (Fsp3) is 0.273. The van der Waals surface area contributed by atoms with Crippen LogP contribution in [-0.2, 0) is 11.3 Å². The Morgan fingerprint density at radius 2 is 1.80 bits per heavy atom. The van der Waals surface area contributed by atoms with E-state index in [1.807, 2.05) is 30.3 Å². The Hall–Kier alpha value is -5.45. The van der Waals surface area contributed by atoms with Gasteiger partial charge in [0, 0.05) is 44.5 Å². The molecule has 0 radical (unpaired) electrons. The lowest BCUT2D eigenvalue weighted by Gasteiger charge is -2.26. The lowest BCUT2D eigenvalue weighted by molar-refractivity contribution is 0.0383. The maximum Gasteiger partial charge on any atom is 0.273 e. The number of nitrogen functional groups attached to an aromatic ring is 1. The van der Waals surface area contributed by atoms with Crippen LogP contribution in [0.5, 0.6) is 0 Å². The summed E-state index contributed by atoms with van der Waals surface area (Å²) in [7, 11) is 0. The number of hydrogen-bond donors (Lipinski definition) is 4. The number of aromatic nitrogens is 3. The fourth-order valence-corrected chi connectivity index (χ4v) is 4.87. The highest BCUT2D eigenvalue weighted by Crippen LogP contribution is 2.22. The SMILES string of the molecule is C[C@H](NC(=O)c1cc(C#N)cnc1NCc1ccc(-c2cnc(N)c(C(=O)NCCN3CCOCC3)n2)cc1)c1ccc(F)cc1. The topological polar surface area (TPSA) is 171 Å². The van der Waals surface area contributed by atoms with Gasteiger partial charge in [-0.05, 0) is 36.2 Å². The summed E-state index contributed by atoms with van der Waals surface area (Å²) in [5.41, 5.74) is 9.34. The van der Waals surface area contributed by atoms with Crippen molar-refractivity contribution in [3.8, 4) is 17.3 Å². The first-order valence-electron chi connectivity index (χ1n) is 14.8. The number of rotatable bonds is 11. The predicted octanol–water partition coefficient (Wildman–Crippen LogP) is 3.30.